The summed E-state index contributed by atoms with van der Waals surface area (Å²) in [7, 11) is 0. The zero-order valence-corrected chi connectivity index (χ0v) is 3.13. The van der Waals surface area contributed by atoms with Gasteiger partial charge in [0.25, 0.3) is 0 Å². The first-order valence-electron chi connectivity index (χ1n) is 0.958. The number of nitrogens with one attached hydrogen (secondary N) is 1. The zero-order chi connectivity index (χ0) is 3.41. The zero-order valence-electron chi connectivity index (χ0n) is 2.23. The first kappa shape index (κ1) is 4.27. The van der Waals surface area contributed by atoms with E-state index in [2.05, 4.69) is 18.1 Å². The third-order valence-corrected chi connectivity index (χ3v) is 0.274. The topological polar surface area (TPSA) is 38.0 Å². The fraction of sp³-hybridized carbons (Fsp3) is 1.00. The summed E-state index contributed by atoms with van der Waals surface area (Å²) in [5.41, 5.74) is 2.29. The Balaban J connectivity index is 1.97. The second-order valence-electron chi connectivity index (χ2n) is 0.362. The molecule has 26 valence electrons. The van der Waals surface area contributed by atoms with E-state index in [0.29, 0.717) is 5.88 Å². The summed E-state index contributed by atoms with van der Waals surface area (Å²) >= 11 is 3.68. The molecule has 0 aromatic carbocycles. The second-order valence-corrected chi connectivity index (χ2v) is 0.678. The Morgan fingerprint density at radius 2 is 2.25 bits per heavy atom. The fourth-order valence-corrected chi connectivity index (χ4v) is 0. The lowest BCUT2D eigenvalue weighted by molar-refractivity contribution is 0.875. The molecule has 0 heterocycles. The van der Waals surface area contributed by atoms with Crippen molar-refractivity contribution in [1.82, 2.24) is 5.43 Å². The summed E-state index contributed by atoms with van der Waals surface area (Å²) in [6, 6.07) is 0. The second kappa shape index (κ2) is 3.27. The molecule has 0 fully saturated rings. The average Bonchev–Trinajstić information content (AvgIpc) is 1.37. The summed E-state index contributed by atoms with van der Waals surface area (Å²) in [5, 5.41) is 0. The van der Waals surface area contributed by atoms with Gasteiger partial charge in [0.15, 0.2) is 0 Å². The highest BCUT2D eigenvalue weighted by atomic mass is 32.1. The monoisotopic (exact) mass is 78.0 g/mol. The predicted molar refractivity (Wildman–Crippen MR) is 21.2 cm³/mol. The number of rotatable bonds is 1. The van der Waals surface area contributed by atoms with Crippen LogP contribution in [0.5, 0.6) is 0 Å². The molecule has 0 atom stereocenters. The molecule has 0 aromatic rings. The molecule has 2 nitrogen and oxygen atoms in total. The Morgan fingerprint density at radius 3 is 2.25 bits per heavy atom. The van der Waals surface area contributed by atoms with Gasteiger partial charge in [0, 0.05) is 0 Å². The first-order valence-corrected chi connectivity index (χ1v) is 1.59. The lowest BCUT2D eigenvalue weighted by Crippen LogP contribution is -2.18. The van der Waals surface area contributed by atoms with E-state index in [1.807, 2.05) is 0 Å². The highest BCUT2D eigenvalue weighted by molar-refractivity contribution is 7.80. The lowest BCUT2D eigenvalue weighted by atomic mass is 11.5. The van der Waals surface area contributed by atoms with Gasteiger partial charge in [0.05, 0.1) is 5.88 Å². The molecular weight excluding hydrogens is 72.1 g/mol. The van der Waals surface area contributed by atoms with Gasteiger partial charge in [0.2, 0.25) is 0 Å². The van der Waals surface area contributed by atoms with Gasteiger partial charge in [-0.3, -0.25) is 11.3 Å². The molecule has 0 bridgehead atoms. The van der Waals surface area contributed by atoms with Crippen LogP contribution in [0, 0.1) is 0 Å². The highest BCUT2D eigenvalue weighted by Gasteiger charge is 1.50. The maximum Gasteiger partial charge on any atom is 0.0524 e. The summed E-state index contributed by atoms with van der Waals surface area (Å²) in [4.78, 5) is 0. The number of nitrogens with two attached hydrogens (primary N) is 1. The van der Waals surface area contributed by atoms with Gasteiger partial charge in [-0.25, -0.2) is 0 Å². The van der Waals surface area contributed by atoms with E-state index < -0.39 is 0 Å². The largest absolute Gasteiger partial charge is 0.271 e. The van der Waals surface area contributed by atoms with Crippen molar-refractivity contribution >= 4 is 12.6 Å². The molecule has 0 rings (SSSR count). The molecule has 0 amide bonds. The van der Waals surface area contributed by atoms with Crippen LogP contribution in [0.15, 0.2) is 0 Å². The van der Waals surface area contributed by atoms with Crippen molar-refractivity contribution in [3.63, 3.8) is 0 Å². The van der Waals surface area contributed by atoms with E-state index in [9.17, 15) is 0 Å². The van der Waals surface area contributed by atoms with Crippen LogP contribution in [0.1, 0.15) is 0 Å². The molecule has 0 aromatic heterocycles. The molecule has 0 unspecified atom stereocenters. The smallest absolute Gasteiger partial charge is 0.0524 e. The van der Waals surface area contributed by atoms with Crippen molar-refractivity contribution in [2.75, 3.05) is 5.88 Å². The molecule has 3 N–H and O–H groups in total. The summed E-state index contributed by atoms with van der Waals surface area (Å²) in [6.07, 6.45) is 0. The molecule has 0 saturated carbocycles. The van der Waals surface area contributed by atoms with E-state index in [1.54, 1.807) is 0 Å². The molecule has 4 heavy (non-hydrogen) atoms. The van der Waals surface area contributed by atoms with Crippen LogP contribution in [0.2, 0.25) is 0 Å². The quantitative estimate of drug-likeness (QED) is 0.168. The minimum atomic E-state index is 0.542. The molecule has 0 aliphatic carbocycles. The van der Waals surface area contributed by atoms with Gasteiger partial charge >= 0.3 is 0 Å². The Labute approximate surface area is 30.8 Å². The molecule has 0 radical (unpaired) electrons. The molecule has 3 heteroatoms. The van der Waals surface area contributed by atoms with Gasteiger partial charge in [0.1, 0.15) is 0 Å². The van der Waals surface area contributed by atoms with Gasteiger partial charge in [-0.2, -0.15) is 12.6 Å². The van der Waals surface area contributed by atoms with E-state index in [4.69, 9.17) is 5.84 Å². The fourth-order valence-electron chi connectivity index (χ4n) is 0. The van der Waals surface area contributed by atoms with Crippen molar-refractivity contribution in [2.24, 2.45) is 5.84 Å². The SMILES string of the molecule is NNCS. The first-order chi connectivity index (χ1) is 1.91. The van der Waals surface area contributed by atoms with Crippen LogP contribution in [0.25, 0.3) is 0 Å². The number of hydrazine groups is 1. The predicted octanol–water partition coefficient (Wildman–Crippen LogP) is -0.663. The third kappa shape index (κ3) is 2.27. The number of hydrogen-bond donors (Lipinski definition) is 3. The van der Waals surface area contributed by atoms with Crippen LogP contribution in [0.4, 0.5) is 0 Å². The number of hydrogen-bond acceptors (Lipinski definition) is 3. The van der Waals surface area contributed by atoms with Crippen molar-refractivity contribution < 1.29 is 0 Å². The van der Waals surface area contributed by atoms with E-state index >= 15 is 0 Å². The van der Waals surface area contributed by atoms with Crippen molar-refractivity contribution in [3.05, 3.63) is 0 Å². The summed E-state index contributed by atoms with van der Waals surface area (Å²) < 4.78 is 0. The van der Waals surface area contributed by atoms with Crippen molar-refractivity contribution in [1.29, 1.82) is 0 Å². The maximum atomic E-state index is 4.70. The van der Waals surface area contributed by atoms with E-state index in [0.717, 1.165) is 0 Å². The number of thiol groups is 1. The molecule has 0 aliphatic heterocycles. The Kier molecular flexibility index (Phi) is 3.49. The standard InChI is InChI=1S/CH6N2S/c2-3-1-4/h3-4H,1-2H2. The normalized spacial score (nSPS) is 7.50. The van der Waals surface area contributed by atoms with E-state index in [1.165, 1.54) is 0 Å². The average molecular weight is 78.1 g/mol. The van der Waals surface area contributed by atoms with E-state index in [-0.39, 0.29) is 0 Å². The van der Waals surface area contributed by atoms with Crippen LogP contribution >= 0.6 is 12.6 Å². The Bertz CT molecular complexity index is 8.00. The van der Waals surface area contributed by atoms with Crippen molar-refractivity contribution in [2.45, 2.75) is 0 Å². The summed E-state index contributed by atoms with van der Waals surface area (Å²) in [5.74, 6) is 5.24. The minimum Gasteiger partial charge on any atom is -0.271 e. The van der Waals surface area contributed by atoms with Crippen LogP contribution in [-0.2, 0) is 0 Å². The minimum absolute atomic E-state index is 0.542. The molecule has 0 saturated heterocycles. The Morgan fingerprint density at radius 1 is 2.00 bits per heavy atom. The molecule has 0 spiro atoms. The summed E-state index contributed by atoms with van der Waals surface area (Å²) in [6.45, 7) is 0. The van der Waals surface area contributed by atoms with Gasteiger partial charge < -0.3 is 0 Å². The Hall–Kier alpha value is 0.270. The lowest BCUT2D eigenvalue weighted by Gasteiger charge is -1.76. The van der Waals surface area contributed by atoms with Crippen LogP contribution in [-0.4, -0.2) is 5.88 Å². The van der Waals surface area contributed by atoms with Crippen molar-refractivity contribution in [3.8, 4) is 0 Å². The van der Waals surface area contributed by atoms with Gasteiger partial charge in [-0.1, -0.05) is 0 Å². The molecule has 0 aliphatic rings. The third-order valence-electron chi connectivity index (χ3n) is 0.0913. The van der Waals surface area contributed by atoms with Gasteiger partial charge in [-0.15, -0.1) is 0 Å². The maximum absolute atomic E-state index is 4.70. The molecular formula is CH6N2S. The van der Waals surface area contributed by atoms with Crippen LogP contribution < -0.4 is 11.3 Å². The highest BCUT2D eigenvalue weighted by Crippen LogP contribution is 1.51. The van der Waals surface area contributed by atoms with Gasteiger partial charge in [-0.05, 0) is 0 Å². The van der Waals surface area contributed by atoms with Crippen LogP contribution in [0.3, 0.4) is 0 Å².